The summed E-state index contributed by atoms with van der Waals surface area (Å²) < 4.78 is 5.80. The molecular weight excluding hydrogens is 291 g/mol. The van der Waals surface area contributed by atoms with E-state index in [0.29, 0.717) is 15.7 Å². The van der Waals surface area contributed by atoms with E-state index in [4.69, 9.17) is 23.2 Å². The average molecular weight is 299 g/mol. The number of esters is 1. The van der Waals surface area contributed by atoms with E-state index in [1.54, 1.807) is 12.1 Å². The van der Waals surface area contributed by atoms with Crippen molar-refractivity contribution in [2.75, 3.05) is 7.11 Å². The first kappa shape index (κ1) is 13.6. The largest absolute Gasteiger partial charge is 0.464 e. The minimum absolute atomic E-state index is 0.309. The second kappa shape index (κ2) is 5.42. The zero-order valence-electron chi connectivity index (χ0n) is 9.76. The van der Waals surface area contributed by atoms with Gasteiger partial charge in [-0.3, -0.25) is 4.79 Å². The fraction of sp³-hybridized carbons (Fsp3) is 0.0833. The summed E-state index contributed by atoms with van der Waals surface area (Å²) in [5.41, 5.74) is -0.333. The number of ether oxygens (including phenoxy) is 1. The molecule has 98 valence electrons. The van der Waals surface area contributed by atoms with Gasteiger partial charge in [0.2, 0.25) is 11.1 Å². The molecule has 0 aliphatic rings. The van der Waals surface area contributed by atoms with Gasteiger partial charge in [0.15, 0.2) is 0 Å². The van der Waals surface area contributed by atoms with Crippen LogP contribution in [0, 0.1) is 0 Å². The zero-order chi connectivity index (χ0) is 14.0. The highest BCUT2D eigenvalue weighted by atomic mass is 35.5. The van der Waals surface area contributed by atoms with E-state index in [-0.39, 0.29) is 5.69 Å². The Labute approximate surface area is 118 Å². The maximum Gasteiger partial charge on any atom is 0.362 e. The zero-order valence-corrected chi connectivity index (χ0v) is 11.3. The van der Waals surface area contributed by atoms with Crippen molar-refractivity contribution in [2.45, 2.75) is 0 Å². The fourth-order valence-electron chi connectivity index (χ4n) is 1.45. The second-order valence-electron chi connectivity index (χ2n) is 3.56. The van der Waals surface area contributed by atoms with Gasteiger partial charge in [0.1, 0.15) is 0 Å². The van der Waals surface area contributed by atoms with Gasteiger partial charge in [-0.25, -0.2) is 9.48 Å². The molecule has 2 rings (SSSR count). The summed E-state index contributed by atoms with van der Waals surface area (Å²) in [6.07, 6.45) is 1.41. The molecule has 0 spiro atoms. The number of halogens is 2. The summed E-state index contributed by atoms with van der Waals surface area (Å²) in [5, 5.41) is 4.73. The molecule has 0 radical (unpaired) electrons. The third-order valence-electron chi connectivity index (χ3n) is 2.34. The number of benzene rings is 1. The summed E-state index contributed by atoms with van der Waals surface area (Å²) in [4.78, 5) is 22.9. The normalized spacial score (nSPS) is 10.3. The molecular formula is C12H8Cl2N2O3. The summed E-state index contributed by atoms with van der Waals surface area (Å²) >= 11 is 11.8. The van der Waals surface area contributed by atoms with Crippen molar-refractivity contribution in [3.63, 3.8) is 0 Å². The molecule has 19 heavy (non-hydrogen) atoms. The molecule has 2 aromatic rings. The molecule has 0 bridgehead atoms. The van der Waals surface area contributed by atoms with Gasteiger partial charge in [-0.15, -0.1) is 0 Å². The van der Waals surface area contributed by atoms with Crippen LogP contribution in [0.15, 0.2) is 35.3 Å². The van der Waals surface area contributed by atoms with Crippen LogP contribution in [0.1, 0.15) is 10.5 Å². The number of carbonyl (C=O) groups is 1. The van der Waals surface area contributed by atoms with Gasteiger partial charge in [0.05, 0.1) is 17.8 Å². The molecule has 1 aromatic carbocycles. The van der Waals surface area contributed by atoms with Crippen molar-refractivity contribution < 1.29 is 9.53 Å². The van der Waals surface area contributed by atoms with E-state index in [1.807, 2.05) is 0 Å². The lowest BCUT2D eigenvalue weighted by molar-refractivity contribution is 0.0590. The first-order valence-corrected chi connectivity index (χ1v) is 5.92. The van der Waals surface area contributed by atoms with Crippen LogP contribution in [0.25, 0.3) is 5.69 Å². The lowest BCUT2D eigenvalue weighted by atomic mass is 10.3. The van der Waals surface area contributed by atoms with Gasteiger partial charge in [-0.2, -0.15) is 5.10 Å². The van der Waals surface area contributed by atoms with Crippen molar-refractivity contribution in [3.05, 3.63) is 56.4 Å². The number of hydrogen-bond donors (Lipinski definition) is 0. The molecule has 1 heterocycles. The van der Waals surface area contributed by atoms with Crippen LogP contribution in [0.4, 0.5) is 0 Å². The minimum Gasteiger partial charge on any atom is -0.464 e. The van der Waals surface area contributed by atoms with Crippen LogP contribution in [0.3, 0.4) is 0 Å². The molecule has 7 heteroatoms. The van der Waals surface area contributed by atoms with E-state index >= 15 is 0 Å². The summed E-state index contributed by atoms with van der Waals surface area (Å²) in [7, 11) is 1.18. The molecule has 0 atom stereocenters. The minimum atomic E-state index is -0.801. The second-order valence-corrected chi connectivity index (χ2v) is 4.40. The predicted molar refractivity (Wildman–Crippen MR) is 71.2 cm³/mol. The monoisotopic (exact) mass is 298 g/mol. The van der Waals surface area contributed by atoms with E-state index in [1.165, 1.54) is 30.1 Å². The van der Waals surface area contributed by atoms with Crippen LogP contribution in [0.2, 0.25) is 10.0 Å². The number of aromatic nitrogens is 2. The quantitative estimate of drug-likeness (QED) is 0.798. The van der Waals surface area contributed by atoms with E-state index < -0.39 is 11.4 Å². The number of carbonyl (C=O) groups excluding carboxylic acids is 1. The standard InChI is InChI=1S/C12H8Cl2N2O3/c1-19-12(18)11-10(17)4-5-16(15-11)9-3-2-7(13)6-8(9)14/h2-6H,1H3. The molecule has 0 amide bonds. The van der Waals surface area contributed by atoms with E-state index in [2.05, 4.69) is 9.84 Å². The Hall–Kier alpha value is -1.85. The first-order chi connectivity index (χ1) is 9.02. The number of nitrogens with zero attached hydrogens (tertiary/aromatic N) is 2. The van der Waals surface area contributed by atoms with Crippen molar-refractivity contribution in [1.82, 2.24) is 9.78 Å². The Bertz CT molecular complexity index is 698. The highest BCUT2D eigenvalue weighted by Crippen LogP contribution is 2.23. The summed E-state index contributed by atoms with van der Waals surface area (Å²) in [5.74, 6) is -0.801. The van der Waals surface area contributed by atoms with Crippen molar-refractivity contribution in [1.29, 1.82) is 0 Å². The van der Waals surface area contributed by atoms with Crippen LogP contribution >= 0.6 is 23.2 Å². The number of rotatable bonds is 2. The van der Waals surface area contributed by atoms with Crippen LogP contribution < -0.4 is 5.43 Å². The van der Waals surface area contributed by atoms with Crippen LogP contribution in [-0.2, 0) is 4.74 Å². The van der Waals surface area contributed by atoms with Crippen molar-refractivity contribution in [3.8, 4) is 5.69 Å². The molecule has 5 nitrogen and oxygen atoms in total. The summed E-state index contributed by atoms with van der Waals surface area (Å²) in [6, 6.07) is 6.00. The van der Waals surface area contributed by atoms with Gasteiger partial charge in [0.25, 0.3) is 0 Å². The fourth-order valence-corrected chi connectivity index (χ4v) is 1.94. The number of methoxy groups -OCH3 is 1. The highest BCUT2D eigenvalue weighted by Gasteiger charge is 2.14. The predicted octanol–water partition coefficient (Wildman–Crippen LogP) is 2.33. The molecule has 1 aromatic heterocycles. The van der Waals surface area contributed by atoms with E-state index in [0.717, 1.165) is 0 Å². The lowest BCUT2D eigenvalue weighted by Crippen LogP contribution is -2.21. The Kier molecular flexibility index (Phi) is 3.87. The molecule has 0 aliphatic carbocycles. The Morgan fingerprint density at radius 1 is 1.32 bits per heavy atom. The lowest BCUT2D eigenvalue weighted by Gasteiger charge is -2.08. The van der Waals surface area contributed by atoms with Gasteiger partial charge in [-0.05, 0) is 18.2 Å². The Balaban J connectivity index is 2.57. The highest BCUT2D eigenvalue weighted by molar-refractivity contribution is 6.35. The Morgan fingerprint density at radius 2 is 2.05 bits per heavy atom. The van der Waals surface area contributed by atoms with Crippen LogP contribution in [0.5, 0.6) is 0 Å². The van der Waals surface area contributed by atoms with Gasteiger partial charge >= 0.3 is 5.97 Å². The van der Waals surface area contributed by atoms with E-state index in [9.17, 15) is 9.59 Å². The maximum atomic E-state index is 11.5. The molecule has 0 N–H and O–H groups in total. The van der Waals surface area contributed by atoms with Gasteiger partial charge in [0, 0.05) is 17.3 Å². The molecule has 0 saturated carbocycles. The molecule has 0 unspecified atom stereocenters. The van der Waals surface area contributed by atoms with Crippen LogP contribution in [-0.4, -0.2) is 22.9 Å². The summed E-state index contributed by atoms with van der Waals surface area (Å²) in [6.45, 7) is 0. The average Bonchev–Trinajstić information content (AvgIpc) is 2.39. The Morgan fingerprint density at radius 3 is 2.68 bits per heavy atom. The SMILES string of the molecule is COC(=O)c1nn(-c2ccc(Cl)cc2Cl)ccc1=O. The van der Waals surface area contributed by atoms with Gasteiger partial charge in [-0.1, -0.05) is 23.2 Å². The van der Waals surface area contributed by atoms with Crippen molar-refractivity contribution in [2.24, 2.45) is 0 Å². The smallest absolute Gasteiger partial charge is 0.362 e. The molecule has 0 aliphatic heterocycles. The first-order valence-electron chi connectivity index (χ1n) is 5.16. The van der Waals surface area contributed by atoms with Crippen molar-refractivity contribution >= 4 is 29.2 Å². The van der Waals surface area contributed by atoms with Gasteiger partial charge < -0.3 is 4.74 Å². The third-order valence-corrected chi connectivity index (χ3v) is 2.88. The third kappa shape index (κ3) is 2.77. The topological polar surface area (TPSA) is 61.2 Å². The molecule has 0 fully saturated rings. The maximum absolute atomic E-state index is 11.5. The number of hydrogen-bond acceptors (Lipinski definition) is 4. The molecule has 0 saturated heterocycles.